The fourth-order valence-corrected chi connectivity index (χ4v) is 1.80. The maximum absolute atomic E-state index is 12.6. The fraction of sp³-hybridized carbons (Fsp3) is 0.625. The van der Waals surface area contributed by atoms with Gasteiger partial charge >= 0.3 is 6.18 Å². The summed E-state index contributed by atoms with van der Waals surface area (Å²) in [6, 6.07) is 0. The Bertz CT molecular complexity index is 456. The second kappa shape index (κ2) is 4.53. The van der Waals surface area contributed by atoms with Crippen LogP contribution >= 0.6 is 0 Å². The minimum Gasteiger partial charge on any atom is -0.305 e. The molecule has 3 N–H and O–H groups in total. The highest BCUT2D eigenvalue weighted by Crippen LogP contribution is 2.29. The van der Waals surface area contributed by atoms with Gasteiger partial charge in [0.1, 0.15) is 5.82 Å². The van der Waals surface area contributed by atoms with E-state index in [-0.39, 0.29) is 25.5 Å². The Morgan fingerprint density at radius 3 is 2.72 bits per heavy atom. The molecule has 0 aliphatic carbocycles. The zero-order valence-corrected chi connectivity index (χ0v) is 9.24. The van der Waals surface area contributed by atoms with E-state index in [1.165, 1.54) is 0 Å². The van der Waals surface area contributed by atoms with Crippen molar-refractivity contribution in [3.63, 3.8) is 0 Å². The largest absolute Gasteiger partial charge is 0.451 e. The third-order valence-electron chi connectivity index (χ3n) is 2.61. The fourth-order valence-electron chi connectivity index (χ4n) is 1.80. The van der Waals surface area contributed by atoms with Gasteiger partial charge in [0.25, 0.3) is 0 Å². The summed E-state index contributed by atoms with van der Waals surface area (Å²) in [5, 5.41) is 6.63. The zero-order valence-electron chi connectivity index (χ0n) is 9.24. The van der Waals surface area contributed by atoms with Crippen LogP contribution < -0.4 is 11.3 Å². The summed E-state index contributed by atoms with van der Waals surface area (Å²) in [5.74, 6) is 3.73. The number of nitrogens with zero attached hydrogens (tertiary/aromatic N) is 4. The molecule has 7 nitrogen and oxygen atoms in total. The molecule has 0 saturated heterocycles. The van der Waals surface area contributed by atoms with E-state index in [1.54, 1.807) is 4.90 Å². The van der Waals surface area contributed by atoms with Gasteiger partial charge in [-0.1, -0.05) is 0 Å². The highest BCUT2D eigenvalue weighted by atomic mass is 19.4. The van der Waals surface area contributed by atoms with Gasteiger partial charge in [0.2, 0.25) is 11.7 Å². The summed E-state index contributed by atoms with van der Waals surface area (Å²) < 4.78 is 38.7. The molecule has 1 amide bonds. The molecule has 0 spiro atoms. The zero-order chi connectivity index (χ0) is 13.3. The van der Waals surface area contributed by atoms with E-state index in [1.807, 2.05) is 5.43 Å². The monoisotopic (exact) mass is 264 g/mol. The van der Waals surface area contributed by atoms with E-state index in [4.69, 9.17) is 5.84 Å². The Labute approximate surface area is 99.7 Å². The number of alkyl halides is 3. The molecule has 10 heteroatoms. The normalized spacial score (nSPS) is 16.4. The molecule has 2 heterocycles. The summed E-state index contributed by atoms with van der Waals surface area (Å²) in [7, 11) is 0. The highest BCUT2D eigenvalue weighted by Gasteiger charge is 2.39. The first-order valence-electron chi connectivity index (χ1n) is 5.13. The molecular weight excluding hydrogens is 253 g/mol. The molecule has 0 atom stereocenters. The van der Waals surface area contributed by atoms with Gasteiger partial charge in [-0.3, -0.25) is 15.1 Å². The van der Waals surface area contributed by atoms with Crippen LogP contribution in [-0.4, -0.2) is 38.7 Å². The Kier molecular flexibility index (Phi) is 3.22. The number of nitrogens with two attached hydrogens (primary N) is 1. The number of amides is 1. The first-order chi connectivity index (χ1) is 8.41. The van der Waals surface area contributed by atoms with Gasteiger partial charge in [0.05, 0.1) is 13.1 Å². The van der Waals surface area contributed by atoms with Crippen molar-refractivity contribution in [1.29, 1.82) is 0 Å². The lowest BCUT2D eigenvalue weighted by Gasteiger charge is -2.26. The van der Waals surface area contributed by atoms with Crippen molar-refractivity contribution < 1.29 is 18.0 Å². The van der Waals surface area contributed by atoms with Gasteiger partial charge in [-0.2, -0.15) is 13.2 Å². The van der Waals surface area contributed by atoms with Crippen LogP contribution in [0.15, 0.2) is 0 Å². The van der Waals surface area contributed by atoms with Crippen molar-refractivity contribution in [3.8, 4) is 0 Å². The number of aromatic nitrogens is 3. The number of rotatable bonds is 2. The standard InChI is InChI=1S/C8H11F3N6O/c9-8(10,11)7-15-14-5-3-16(1-2-17(5)7)4-6(18)13-12/h1-4,12H2,(H,13,18). The molecule has 100 valence electrons. The molecule has 0 radical (unpaired) electrons. The van der Waals surface area contributed by atoms with Crippen LogP contribution in [0, 0.1) is 0 Å². The third-order valence-corrected chi connectivity index (χ3v) is 2.61. The second-order valence-corrected chi connectivity index (χ2v) is 3.87. The SMILES string of the molecule is NNC(=O)CN1CCn2c(nnc2C(F)(F)F)C1. The Morgan fingerprint density at radius 2 is 2.11 bits per heavy atom. The minimum atomic E-state index is -4.51. The minimum absolute atomic E-state index is 0.0186. The van der Waals surface area contributed by atoms with E-state index >= 15 is 0 Å². The molecule has 2 rings (SSSR count). The summed E-state index contributed by atoms with van der Waals surface area (Å²) in [5.41, 5.74) is 1.96. The van der Waals surface area contributed by atoms with Crippen LogP contribution in [0.2, 0.25) is 0 Å². The van der Waals surface area contributed by atoms with Crippen LogP contribution in [0.5, 0.6) is 0 Å². The van der Waals surface area contributed by atoms with Gasteiger partial charge in [-0.25, -0.2) is 5.84 Å². The third kappa shape index (κ3) is 2.43. The van der Waals surface area contributed by atoms with Crippen molar-refractivity contribution in [1.82, 2.24) is 25.1 Å². The van der Waals surface area contributed by atoms with E-state index in [0.717, 1.165) is 4.57 Å². The second-order valence-electron chi connectivity index (χ2n) is 3.87. The molecule has 0 saturated carbocycles. The molecular formula is C8H11F3N6O. The number of hydrazine groups is 1. The average molecular weight is 264 g/mol. The lowest BCUT2D eigenvalue weighted by atomic mass is 10.3. The number of carbonyl (C=O) groups excluding carboxylic acids is 1. The lowest BCUT2D eigenvalue weighted by Crippen LogP contribution is -2.43. The first-order valence-corrected chi connectivity index (χ1v) is 5.13. The van der Waals surface area contributed by atoms with E-state index < -0.39 is 17.9 Å². The predicted molar refractivity (Wildman–Crippen MR) is 52.6 cm³/mol. The molecule has 0 unspecified atom stereocenters. The van der Waals surface area contributed by atoms with E-state index in [2.05, 4.69) is 10.2 Å². The molecule has 1 aliphatic rings. The highest BCUT2D eigenvalue weighted by molar-refractivity contribution is 5.77. The predicted octanol–water partition coefficient (Wildman–Crippen LogP) is -0.898. The number of carbonyl (C=O) groups is 1. The molecule has 0 bridgehead atoms. The lowest BCUT2D eigenvalue weighted by molar-refractivity contribution is -0.148. The first kappa shape index (κ1) is 12.8. The number of hydrogen-bond donors (Lipinski definition) is 2. The number of fused-ring (bicyclic) bond motifs is 1. The van der Waals surface area contributed by atoms with Crippen molar-refractivity contribution >= 4 is 5.91 Å². The Morgan fingerprint density at radius 1 is 1.39 bits per heavy atom. The van der Waals surface area contributed by atoms with Crippen molar-refractivity contribution in [2.45, 2.75) is 19.3 Å². The summed E-state index contributed by atoms with van der Waals surface area (Å²) in [4.78, 5) is 12.7. The van der Waals surface area contributed by atoms with Crippen LogP contribution in [0.25, 0.3) is 0 Å². The molecule has 1 aliphatic heterocycles. The van der Waals surface area contributed by atoms with Crippen LogP contribution in [0.1, 0.15) is 11.6 Å². The average Bonchev–Trinajstić information content (AvgIpc) is 2.71. The smallest absolute Gasteiger partial charge is 0.305 e. The molecule has 0 aromatic carbocycles. The van der Waals surface area contributed by atoms with Gasteiger partial charge in [0.15, 0.2) is 0 Å². The maximum atomic E-state index is 12.6. The van der Waals surface area contributed by atoms with Gasteiger partial charge in [0, 0.05) is 13.1 Å². The molecule has 1 aromatic rings. The van der Waals surface area contributed by atoms with Crippen molar-refractivity contribution in [3.05, 3.63) is 11.6 Å². The maximum Gasteiger partial charge on any atom is 0.451 e. The molecule has 18 heavy (non-hydrogen) atoms. The van der Waals surface area contributed by atoms with Gasteiger partial charge < -0.3 is 4.57 Å². The quantitative estimate of drug-likeness (QED) is 0.410. The molecule has 0 fully saturated rings. The summed E-state index contributed by atoms with van der Waals surface area (Å²) in [6.45, 7) is 0.553. The Balaban J connectivity index is 2.12. The number of nitrogens with one attached hydrogen (secondary N) is 1. The van der Waals surface area contributed by atoms with Crippen LogP contribution in [-0.2, 0) is 24.1 Å². The van der Waals surface area contributed by atoms with E-state index in [9.17, 15) is 18.0 Å². The van der Waals surface area contributed by atoms with Crippen LogP contribution in [0.4, 0.5) is 13.2 Å². The van der Waals surface area contributed by atoms with Gasteiger partial charge in [-0.05, 0) is 0 Å². The molecule has 1 aromatic heterocycles. The Hall–Kier alpha value is -1.68. The summed E-state index contributed by atoms with van der Waals surface area (Å²) in [6.07, 6.45) is -4.51. The van der Waals surface area contributed by atoms with Crippen LogP contribution in [0.3, 0.4) is 0 Å². The van der Waals surface area contributed by atoms with Crippen molar-refractivity contribution in [2.75, 3.05) is 13.1 Å². The number of hydrogen-bond acceptors (Lipinski definition) is 5. The summed E-state index contributed by atoms with van der Waals surface area (Å²) >= 11 is 0. The van der Waals surface area contributed by atoms with Gasteiger partial charge in [-0.15, -0.1) is 10.2 Å². The van der Waals surface area contributed by atoms with E-state index in [0.29, 0.717) is 6.54 Å². The van der Waals surface area contributed by atoms with Crippen molar-refractivity contribution in [2.24, 2.45) is 5.84 Å². The number of halogens is 3. The topological polar surface area (TPSA) is 89.1 Å².